The van der Waals surface area contributed by atoms with Crippen LogP contribution >= 0.6 is 0 Å². The van der Waals surface area contributed by atoms with Gasteiger partial charge in [-0.2, -0.15) is 5.10 Å². The van der Waals surface area contributed by atoms with Crippen molar-refractivity contribution in [3.8, 4) is 0 Å². The molecule has 0 fully saturated rings. The molecule has 2 heterocycles. The highest BCUT2D eigenvalue weighted by Crippen LogP contribution is 2.19. The largest absolute Gasteiger partial charge is 0.396 e. The molecule has 2 rings (SSSR count). The molecule has 3 nitrogen and oxygen atoms in total. The molecule has 0 aromatic carbocycles. The van der Waals surface area contributed by atoms with E-state index in [1.807, 2.05) is 10.7 Å². The first-order valence-corrected chi connectivity index (χ1v) is 4.44. The summed E-state index contributed by atoms with van der Waals surface area (Å²) in [5.41, 5.74) is 10.1. The Morgan fingerprint density at radius 3 is 3.00 bits per heavy atom. The summed E-state index contributed by atoms with van der Waals surface area (Å²) in [5.74, 6) is 0. The van der Waals surface area contributed by atoms with Crippen LogP contribution in [0.5, 0.6) is 0 Å². The number of nitrogens with two attached hydrogens (primary N) is 1. The van der Waals surface area contributed by atoms with Gasteiger partial charge in [0.1, 0.15) is 0 Å². The highest BCUT2D eigenvalue weighted by molar-refractivity contribution is 5.73. The average molecular weight is 175 g/mol. The maximum Gasteiger partial charge on any atom is 0.0923 e. The number of anilines is 1. The fourth-order valence-corrected chi connectivity index (χ4v) is 1.65. The molecule has 3 heteroatoms. The first kappa shape index (κ1) is 8.10. The second kappa shape index (κ2) is 2.76. The van der Waals surface area contributed by atoms with Gasteiger partial charge in [-0.15, -0.1) is 0 Å². The Morgan fingerprint density at radius 1 is 1.54 bits per heavy atom. The number of rotatable bonds is 1. The molecule has 0 saturated carbocycles. The third kappa shape index (κ3) is 1.16. The zero-order chi connectivity index (χ0) is 9.42. The number of nitrogen functional groups attached to an aromatic ring is 1. The predicted molar refractivity (Wildman–Crippen MR) is 53.7 cm³/mol. The van der Waals surface area contributed by atoms with Crippen molar-refractivity contribution in [2.45, 2.75) is 20.3 Å². The van der Waals surface area contributed by atoms with Gasteiger partial charge in [0.05, 0.1) is 17.4 Å². The van der Waals surface area contributed by atoms with Crippen LogP contribution in [0.2, 0.25) is 0 Å². The maximum atomic E-state index is 5.82. The van der Waals surface area contributed by atoms with Gasteiger partial charge in [-0.25, -0.2) is 4.52 Å². The van der Waals surface area contributed by atoms with Crippen molar-refractivity contribution in [1.82, 2.24) is 9.61 Å². The van der Waals surface area contributed by atoms with E-state index in [0.717, 1.165) is 17.6 Å². The summed E-state index contributed by atoms with van der Waals surface area (Å²) in [7, 11) is 0. The molecule has 2 aromatic rings. The van der Waals surface area contributed by atoms with Gasteiger partial charge in [-0.1, -0.05) is 13.0 Å². The standard InChI is InChI=1S/C10H13N3/c1-3-8-4-7(2)6-13-10(8)9(11)5-12-13/h4-6H,3,11H2,1-2H3. The number of aromatic nitrogens is 2. The van der Waals surface area contributed by atoms with Crippen molar-refractivity contribution in [2.75, 3.05) is 5.73 Å². The molecule has 2 aromatic heterocycles. The number of hydrogen-bond donors (Lipinski definition) is 1. The van der Waals surface area contributed by atoms with Crippen LogP contribution in [0, 0.1) is 6.92 Å². The number of hydrogen-bond acceptors (Lipinski definition) is 2. The number of fused-ring (bicyclic) bond motifs is 1. The normalized spacial score (nSPS) is 10.9. The molecule has 2 N–H and O–H groups in total. The van der Waals surface area contributed by atoms with E-state index in [1.54, 1.807) is 6.20 Å². The topological polar surface area (TPSA) is 43.3 Å². The molecular weight excluding hydrogens is 162 g/mol. The van der Waals surface area contributed by atoms with Crippen molar-refractivity contribution in [2.24, 2.45) is 0 Å². The molecule has 0 atom stereocenters. The minimum absolute atomic E-state index is 0.761. The molecule has 0 saturated heterocycles. The summed E-state index contributed by atoms with van der Waals surface area (Å²) >= 11 is 0. The Morgan fingerprint density at radius 2 is 2.31 bits per heavy atom. The fraction of sp³-hybridized carbons (Fsp3) is 0.300. The predicted octanol–water partition coefficient (Wildman–Crippen LogP) is 1.79. The lowest BCUT2D eigenvalue weighted by Gasteiger charge is -2.03. The van der Waals surface area contributed by atoms with Crippen LogP contribution in [0.3, 0.4) is 0 Å². The molecule has 13 heavy (non-hydrogen) atoms. The van der Waals surface area contributed by atoms with Gasteiger partial charge >= 0.3 is 0 Å². The second-order valence-corrected chi connectivity index (χ2v) is 3.29. The van der Waals surface area contributed by atoms with E-state index in [0.29, 0.717) is 0 Å². The minimum atomic E-state index is 0.761. The smallest absolute Gasteiger partial charge is 0.0923 e. The quantitative estimate of drug-likeness (QED) is 0.718. The van der Waals surface area contributed by atoms with E-state index in [-0.39, 0.29) is 0 Å². The Balaban J connectivity index is 2.85. The summed E-state index contributed by atoms with van der Waals surface area (Å²) in [6.07, 6.45) is 4.68. The van der Waals surface area contributed by atoms with Gasteiger partial charge in [-0.05, 0) is 24.5 Å². The number of nitrogens with zero attached hydrogens (tertiary/aromatic N) is 2. The summed E-state index contributed by atoms with van der Waals surface area (Å²) in [6.45, 7) is 4.19. The molecule has 68 valence electrons. The summed E-state index contributed by atoms with van der Waals surface area (Å²) in [6, 6.07) is 2.16. The third-order valence-corrected chi connectivity index (χ3v) is 2.24. The highest BCUT2D eigenvalue weighted by Gasteiger charge is 2.05. The van der Waals surface area contributed by atoms with Crippen molar-refractivity contribution in [3.05, 3.63) is 29.6 Å². The van der Waals surface area contributed by atoms with E-state index >= 15 is 0 Å². The molecule has 0 aliphatic heterocycles. The van der Waals surface area contributed by atoms with E-state index in [2.05, 4.69) is 25.0 Å². The molecule has 0 aliphatic rings. The Bertz CT molecular complexity index is 443. The van der Waals surface area contributed by atoms with Crippen LogP contribution in [0.15, 0.2) is 18.5 Å². The van der Waals surface area contributed by atoms with Gasteiger partial charge in [0.15, 0.2) is 0 Å². The Hall–Kier alpha value is -1.51. The average Bonchev–Trinajstić information content (AvgIpc) is 2.46. The first-order valence-electron chi connectivity index (χ1n) is 4.44. The van der Waals surface area contributed by atoms with Crippen molar-refractivity contribution < 1.29 is 0 Å². The van der Waals surface area contributed by atoms with E-state index in [9.17, 15) is 0 Å². The van der Waals surface area contributed by atoms with Crippen LogP contribution in [-0.2, 0) is 6.42 Å². The molecular formula is C10H13N3. The summed E-state index contributed by atoms with van der Waals surface area (Å²) < 4.78 is 1.85. The SMILES string of the molecule is CCc1cc(C)cn2ncc(N)c12. The van der Waals surface area contributed by atoms with Crippen LogP contribution in [0.25, 0.3) is 5.52 Å². The summed E-state index contributed by atoms with van der Waals surface area (Å²) in [4.78, 5) is 0. The van der Waals surface area contributed by atoms with Crippen molar-refractivity contribution in [1.29, 1.82) is 0 Å². The molecule has 0 amide bonds. The van der Waals surface area contributed by atoms with Crippen LogP contribution in [-0.4, -0.2) is 9.61 Å². The minimum Gasteiger partial charge on any atom is -0.396 e. The lowest BCUT2D eigenvalue weighted by molar-refractivity contribution is 0.936. The van der Waals surface area contributed by atoms with Crippen LogP contribution < -0.4 is 5.73 Å². The van der Waals surface area contributed by atoms with Crippen LogP contribution in [0.4, 0.5) is 5.69 Å². The monoisotopic (exact) mass is 175 g/mol. The zero-order valence-electron chi connectivity index (χ0n) is 7.91. The molecule has 0 unspecified atom stereocenters. The van der Waals surface area contributed by atoms with Gasteiger partial charge < -0.3 is 5.73 Å². The van der Waals surface area contributed by atoms with E-state index in [1.165, 1.54) is 11.1 Å². The number of aryl methyl sites for hydroxylation is 2. The molecule has 0 radical (unpaired) electrons. The second-order valence-electron chi connectivity index (χ2n) is 3.29. The van der Waals surface area contributed by atoms with Gasteiger partial charge in [0.2, 0.25) is 0 Å². The fourth-order valence-electron chi connectivity index (χ4n) is 1.65. The van der Waals surface area contributed by atoms with Crippen LogP contribution in [0.1, 0.15) is 18.1 Å². The molecule has 0 aliphatic carbocycles. The lowest BCUT2D eigenvalue weighted by Crippen LogP contribution is -1.95. The molecule has 0 bridgehead atoms. The highest BCUT2D eigenvalue weighted by atomic mass is 15.2. The van der Waals surface area contributed by atoms with Crippen molar-refractivity contribution in [3.63, 3.8) is 0 Å². The zero-order valence-corrected chi connectivity index (χ0v) is 7.91. The lowest BCUT2D eigenvalue weighted by atomic mass is 10.1. The maximum absolute atomic E-state index is 5.82. The third-order valence-electron chi connectivity index (χ3n) is 2.24. The van der Waals surface area contributed by atoms with E-state index in [4.69, 9.17) is 5.73 Å². The first-order chi connectivity index (χ1) is 6.22. The molecule has 0 spiro atoms. The Labute approximate surface area is 77.2 Å². The Kier molecular flexibility index (Phi) is 1.72. The van der Waals surface area contributed by atoms with Gasteiger partial charge in [-0.3, -0.25) is 0 Å². The number of pyridine rings is 1. The van der Waals surface area contributed by atoms with Gasteiger partial charge in [0.25, 0.3) is 0 Å². The summed E-state index contributed by atoms with van der Waals surface area (Å²) in [5, 5.41) is 4.18. The van der Waals surface area contributed by atoms with Gasteiger partial charge in [0, 0.05) is 6.20 Å². The van der Waals surface area contributed by atoms with E-state index < -0.39 is 0 Å². The van der Waals surface area contributed by atoms with Crippen molar-refractivity contribution >= 4 is 11.2 Å².